The summed E-state index contributed by atoms with van der Waals surface area (Å²) in [5.74, 6) is -1.23. The van der Waals surface area contributed by atoms with Crippen molar-refractivity contribution in [2.75, 3.05) is 35.4 Å². The number of rotatable bonds is 6. The van der Waals surface area contributed by atoms with E-state index >= 15 is 0 Å². The van der Waals surface area contributed by atoms with Gasteiger partial charge in [0.1, 0.15) is 0 Å². The molecule has 3 rings (SSSR count). The molecule has 2 fully saturated rings. The minimum atomic E-state index is -3.12. The van der Waals surface area contributed by atoms with Crippen molar-refractivity contribution in [1.29, 1.82) is 0 Å². The highest BCUT2D eigenvalue weighted by atomic mass is 32.2. The Bertz CT molecular complexity index is 896. The predicted molar refractivity (Wildman–Crippen MR) is 111 cm³/mol. The molecule has 2 atom stereocenters. The van der Waals surface area contributed by atoms with Gasteiger partial charge in [-0.3, -0.25) is 9.59 Å². The van der Waals surface area contributed by atoms with Crippen LogP contribution in [-0.4, -0.2) is 67.5 Å². The molecule has 28 heavy (non-hydrogen) atoms. The number of carbonyl (C=O) groups excluding carboxylic acids is 1. The second-order valence-corrected chi connectivity index (χ2v) is 10.5. The number of aliphatic carboxylic acids is 1. The lowest BCUT2D eigenvalue weighted by Crippen LogP contribution is -2.37. The molecular formula is C18H23N3O5S2. The van der Waals surface area contributed by atoms with Crippen LogP contribution in [0.1, 0.15) is 19.3 Å². The average Bonchev–Trinajstić information content (AvgIpc) is 3.05. The summed E-state index contributed by atoms with van der Waals surface area (Å²) in [6.07, 6.45) is 0.203. The lowest BCUT2D eigenvalue weighted by molar-refractivity contribution is -0.137. The Balaban J connectivity index is 1.85. The van der Waals surface area contributed by atoms with Crippen LogP contribution in [0.3, 0.4) is 0 Å². The van der Waals surface area contributed by atoms with Crippen molar-refractivity contribution in [2.45, 2.75) is 30.6 Å². The van der Waals surface area contributed by atoms with Crippen LogP contribution in [-0.2, 0) is 19.4 Å². The molecular weight excluding hydrogens is 402 g/mol. The van der Waals surface area contributed by atoms with E-state index in [9.17, 15) is 18.0 Å². The molecule has 0 bridgehead atoms. The van der Waals surface area contributed by atoms with Crippen molar-refractivity contribution in [3.05, 3.63) is 24.3 Å². The van der Waals surface area contributed by atoms with E-state index in [1.165, 1.54) is 11.8 Å². The number of carbonyl (C=O) groups is 2. The molecule has 0 spiro atoms. The zero-order chi connectivity index (χ0) is 20.5. The lowest BCUT2D eigenvalue weighted by atomic mass is 10.2. The number of hydrogen-bond donors (Lipinski definition) is 1. The van der Waals surface area contributed by atoms with E-state index in [1.807, 2.05) is 48.2 Å². The quantitative estimate of drug-likeness (QED) is 0.732. The van der Waals surface area contributed by atoms with Crippen LogP contribution in [0.5, 0.6) is 0 Å². The highest BCUT2D eigenvalue weighted by Crippen LogP contribution is 2.41. The third-order valence-electron chi connectivity index (χ3n) is 4.71. The first-order valence-corrected chi connectivity index (χ1v) is 11.6. The van der Waals surface area contributed by atoms with Crippen LogP contribution >= 0.6 is 11.8 Å². The predicted octanol–water partition coefficient (Wildman–Crippen LogP) is 1.61. The Kier molecular flexibility index (Phi) is 5.99. The largest absolute Gasteiger partial charge is 0.481 e. The van der Waals surface area contributed by atoms with Gasteiger partial charge in [-0.25, -0.2) is 8.42 Å². The first kappa shape index (κ1) is 20.7. The summed E-state index contributed by atoms with van der Waals surface area (Å²) in [6.45, 7) is 0. The van der Waals surface area contributed by atoms with Gasteiger partial charge in [-0.1, -0.05) is 11.8 Å². The van der Waals surface area contributed by atoms with Gasteiger partial charge in [0.2, 0.25) is 5.91 Å². The number of amides is 1. The number of anilines is 2. The molecule has 1 aromatic carbocycles. The maximum atomic E-state index is 12.2. The zero-order valence-electron chi connectivity index (χ0n) is 15.7. The second-order valence-electron chi connectivity index (χ2n) is 7.12. The van der Waals surface area contributed by atoms with Crippen molar-refractivity contribution in [1.82, 2.24) is 0 Å². The monoisotopic (exact) mass is 425 g/mol. The van der Waals surface area contributed by atoms with Crippen molar-refractivity contribution >= 4 is 50.0 Å². The number of benzene rings is 1. The van der Waals surface area contributed by atoms with Gasteiger partial charge in [-0.15, -0.1) is 0 Å². The summed E-state index contributed by atoms with van der Waals surface area (Å²) < 4.78 is 24.2. The van der Waals surface area contributed by atoms with Crippen LogP contribution in [0.25, 0.3) is 0 Å². The minimum Gasteiger partial charge on any atom is -0.481 e. The molecule has 2 aliphatic rings. The summed E-state index contributed by atoms with van der Waals surface area (Å²) >= 11 is 1.31. The smallest absolute Gasteiger partial charge is 0.303 e. The van der Waals surface area contributed by atoms with Gasteiger partial charge in [0.05, 0.1) is 17.5 Å². The standard InChI is InChI=1S/C18H23N3O5S2/c1-20(2)12-6-8-13(9-7-12)21-14-10-28(25,26)11-15(14)27-18(21)19-16(22)4-3-5-17(23)24/h6-9,14-15H,3-5,10-11H2,1-2H3,(H,23,24)/t14-,15-/m0/s1. The zero-order valence-corrected chi connectivity index (χ0v) is 17.4. The number of hydrogen-bond acceptors (Lipinski definition) is 6. The molecule has 2 saturated heterocycles. The molecule has 0 unspecified atom stereocenters. The van der Waals surface area contributed by atoms with Gasteiger partial charge in [0.15, 0.2) is 15.0 Å². The molecule has 0 radical (unpaired) electrons. The van der Waals surface area contributed by atoms with E-state index in [0.717, 1.165) is 11.4 Å². The lowest BCUT2D eigenvalue weighted by Gasteiger charge is -2.25. The number of carboxylic acids is 1. The van der Waals surface area contributed by atoms with E-state index in [-0.39, 0.29) is 48.0 Å². The Morgan fingerprint density at radius 1 is 1.21 bits per heavy atom. The molecule has 0 saturated carbocycles. The van der Waals surface area contributed by atoms with E-state index in [2.05, 4.69) is 4.99 Å². The van der Waals surface area contributed by atoms with E-state index in [1.54, 1.807) is 0 Å². The number of aliphatic imine (C=N–C) groups is 1. The molecule has 2 heterocycles. The minimum absolute atomic E-state index is 0.0341. The second kappa shape index (κ2) is 8.12. The molecule has 0 aromatic heterocycles. The summed E-state index contributed by atoms with van der Waals surface area (Å²) in [5.41, 5.74) is 1.80. The van der Waals surface area contributed by atoms with Gasteiger partial charge in [0.25, 0.3) is 0 Å². The topological polar surface area (TPSA) is 107 Å². The summed E-state index contributed by atoms with van der Waals surface area (Å²) in [6, 6.07) is 7.40. The molecule has 2 aliphatic heterocycles. The van der Waals surface area contributed by atoms with Gasteiger partial charge in [-0.2, -0.15) is 4.99 Å². The molecule has 10 heteroatoms. The Morgan fingerprint density at radius 2 is 1.89 bits per heavy atom. The van der Waals surface area contributed by atoms with Crippen molar-refractivity contribution < 1.29 is 23.1 Å². The van der Waals surface area contributed by atoms with Crippen LogP contribution in [0.4, 0.5) is 11.4 Å². The molecule has 1 aromatic rings. The van der Waals surface area contributed by atoms with E-state index in [0.29, 0.717) is 5.17 Å². The van der Waals surface area contributed by atoms with Crippen molar-refractivity contribution in [3.63, 3.8) is 0 Å². The summed E-state index contributed by atoms with van der Waals surface area (Å²) in [5, 5.41) is 9.03. The highest BCUT2D eigenvalue weighted by Gasteiger charge is 2.49. The summed E-state index contributed by atoms with van der Waals surface area (Å²) in [4.78, 5) is 30.8. The van der Waals surface area contributed by atoms with Crippen molar-refractivity contribution in [2.24, 2.45) is 4.99 Å². The maximum absolute atomic E-state index is 12.2. The van der Waals surface area contributed by atoms with E-state index in [4.69, 9.17) is 5.11 Å². The van der Waals surface area contributed by atoms with E-state index < -0.39 is 15.8 Å². The molecule has 1 N–H and O–H groups in total. The molecule has 8 nitrogen and oxygen atoms in total. The number of sulfone groups is 1. The normalized spacial score (nSPS) is 24.4. The fourth-order valence-corrected chi connectivity index (χ4v) is 7.26. The molecule has 152 valence electrons. The van der Waals surface area contributed by atoms with Gasteiger partial charge >= 0.3 is 5.97 Å². The number of thioether (sulfide) groups is 1. The maximum Gasteiger partial charge on any atom is 0.303 e. The summed E-state index contributed by atoms with van der Waals surface area (Å²) in [7, 11) is 0.747. The van der Waals surface area contributed by atoms with Gasteiger partial charge < -0.3 is 14.9 Å². The highest BCUT2D eigenvalue weighted by molar-refractivity contribution is 8.16. The van der Waals surface area contributed by atoms with Crippen molar-refractivity contribution in [3.8, 4) is 0 Å². The SMILES string of the molecule is CN(C)c1ccc(N2C(=NC(=O)CCCC(=O)O)S[C@H]3CS(=O)(=O)C[C@@H]32)cc1. The van der Waals surface area contributed by atoms with Crippen LogP contribution < -0.4 is 9.80 Å². The van der Waals surface area contributed by atoms with Crippen LogP contribution in [0, 0.1) is 0 Å². The Morgan fingerprint density at radius 3 is 2.50 bits per heavy atom. The third-order valence-corrected chi connectivity index (χ3v) is 7.92. The number of fused-ring (bicyclic) bond motifs is 1. The number of nitrogens with zero attached hydrogens (tertiary/aromatic N) is 3. The van der Waals surface area contributed by atoms with Gasteiger partial charge in [-0.05, 0) is 30.7 Å². The molecule has 0 aliphatic carbocycles. The fraction of sp³-hybridized carbons (Fsp3) is 0.500. The fourth-order valence-electron chi connectivity index (χ4n) is 3.33. The van der Waals surface area contributed by atoms with Crippen LogP contribution in [0.15, 0.2) is 29.3 Å². The number of amidine groups is 1. The Labute approximate surface area is 168 Å². The first-order valence-electron chi connectivity index (χ1n) is 8.93. The first-order chi connectivity index (χ1) is 13.2. The average molecular weight is 426 g/mol. The molecule has 1 amide bonds. The Hall–Kier alpha value is -2.07. The number of carboxylic acid groups (broad SMARTS) is 1. The third kappa shape index (κ3) is 4.67. The van der Waals surface area contributed by atoms with Gasteiger partial charge in [0, 0.05) is 43.6 Å². The van der Waals surface area contributed by atoms with Crippen LogP contribution in [0.2, 0.25) is 0 Å².